The van der Waals surface area contributed by atoms with Crippen LogP contribution in [-0.2, 0) is 16.1 Å². The van der Waals surface area contributed by atoms with Gasteiger partial charge in [-0.1, -0.05) is 30.3 Å². The van der Waals surface area contributed by atoms with Gasteiger partial charge in [-0.15, -0.1) is 0 Å². The Balaban J connectivity index is 1.47. The monoisotopic (exact) mass is 397 g/mol. The molecule has 0 radical (unpaired) electrons. The van der Waals surface area contributed by atoms with Crippen LogP contribution in [0.25, 0.3) is 0 Å². The number of esters is 1. The van der Waals surface area contributed by atoms with Crippen molar-refractivity contribution in [2.45, 2.75) is 26.5 Å². The van der Waals surface area contributed by atoms with E-state index < -0.39 is 12.1 Å². The number of rotatable bonds is 7. The lowest BCUT2D eigenvalue weighted by atomic mass is 10.2. The van der Waals surface area contributed by atoms with Crippen LogP contribution in [0.5, 0.6) is 5.75 Å². The third-order valence-corrected chi connectivity index (χ3v) is 5.11. The minimum Gasteiger partial charge on any atom is -0.494 e. The van der Waals surface area contributed by atoms with Gasteiger partial charge in [-0.3, -0.25) is 4.79 Å². The molecule has 3 rings (SSSR count). The van der Waals surface area contributed by atoms with Gasteiger partial charge in [0.15, 0.2) is 6.10 Å². The second-order valence-corrected chi connectivity index (χ2v) is 7.24. The maximum Gasteiger partial charge on any atom is 0.338 e. The quantitative estimate of drug-likeness (QED) is 0.721. The molecule has 1 atom stereocenters. The molecule has 1 aliphatic heterocycles. The number of piperazine rings is 1. The number of benzene rings is 2. The Morgan fingerprint density at radius 2 is 1.69 bits per heavy atom. The van der Waals surface area contributed by atoms with E-state index in [9.17, 15) is 9.59 Å². The normalized spacial score (nSPS) is 15.6. The fourth-order valence-electron chi connectivity index (χ4n) is 3.49. The SMILES string of the molecule is CCOc1ccc(C(=O)O[C@@H](C)C(=O)N2CC[NH+](Cc3ccccc3)CC2)cc1. The molecule has 0 spiro atoms. The van der Waals surface area contributed by atoms with Crippen molar-refractivity contribution in [3.8, 4) is 5.75 Å². The molecule has 1 heterocycles. The van der Waals surface area contributed by atoms with E-state index >= 15 is 0 Å². The second-order valence-electron chi connectivity index (χ2n) is 7.24. The predicted molar refractivity (Wildman–Crippen MR) is 110 cm³/mol. The van der Waals surface area contributed by atoms with Crippen molar-refractivity contribution in [2.75, 3.05) is 32.8 Å². The summed E-state index contributed by atoms with van der Waals surface area (Å²) >= 11 is 0. The molecule has 6 heteroatoms. The molecule has 2 aromatic rings. The molecule has 0 saturated carbocycles. The first kappa shape index (κ1) is 20.9. The van der Waals surface area contributed by atoms with Gasteiger partial charge >= 0.3 is 5.97 Å². The van der Waals surface area contributed by atoms with Gasteiger partial charge in [-0.25, -0.2) is 4.79 Å². The van der Waals surface area contributed by atoms with Gasteiger partial charge in [0.2, 0.25) is 0 Å². The van der Waals surface area contributed by atoms with E-state index in [1.807, 2.05) is 13.0 Å². The summed E-state index contributed by atoms with van der Waals surface area (Å²) in [5.74, 6) is 0.0642. The summed E-state index contributed by atoms with van der Waals surface area (Å²) < 4.78 is 10.8. The summed E-state index contributed by atoms with van der Waals surface area (Å²) in [5, 5.41) is 0. The first-order valence-corrected chi connectivity index (χ1v) is 10.2. The second kappa shape index (κ2) is 10.1. The standard InChI is InChI=1S/C23H28N2O4/c1-3-28-21-11-9-20(10-12-21)23(27)29-18(2)22(26)25-15-13-24(14-16-25)17-19-7-5-4-6-8-19/h4-12,18H,3,13-17H2,1-2H3/p+1/t18-/m0/s1. The van der Waals surface area contributed by atoms with Crippen LogP contribution in [0.3, 0.4) is 0 Å². The lowest BCUT2D eigenvalue weighted by Gasteiger charge is -2.33. The molecule has 29 heavy (non-hydrogen) atoms. The van der Waals surface area contributed by atoms with Crippen molar-refractivity contribution < 1.29 is 24.0 Å². The number of amides is 1. The molecule has 0 aromatic heterocycles. The maximum absolute atomic E-state index is 12.7. The van der Waals surface area contributed by atoms with Crippen LogP contribution in [0, 0.1) is 0 Å². The highest BCUT2D eigenvalue weighted by atomic mass is 16.5. The Bertz CT molecular complexity index is 799. The third-order valence-electron chi connectivity index (χ3n) is 5.11. The van der Waals surface area contributed by atoms with E-state index in [1.54, 1.807) is 36.1 Å². The average Bonchev–Trinajstić information content (AvgIpc) is 2.75. The molecular weight excluding hydrogens is 368 g/mol. The summed E-state index contributed by atoms with van der Waals surface area (Å²) in [5.41, 5.74) is 1.71. The molecular formula is C23H29N2O4+. The van der Waals surface area contributed by atoms with E-state index in [4.69, 9.17) is 9.47 Å². The van der Waals surface area contributed by atoms with Gasteiger partial charge in [-0.05, 0) is 38.1 Å². The van der Waals surface area contributed by atoms with Gasteiger partial charge < -0.3 is 19.3 Å². The summed E-state index contributed by atoms with van der Waals surface area (Å²) in [7, 11) is 0. The van der Waals surface area contributed by atoms with Crippen LogP contribution in [0.4, 0.5) is 0 Å². The molecule has 1 N–H and O–H groups in total. The molecule has 6 nitrogen and oxygen atoms in total. The van der Waals surface area contributed by atoms with E-state index in [1.165, 1.54) is 10.5 Å². The van der Waals surface area contributed by atoms with Crippen LogP contribution < -0.4 is 9.64 Å². The Morgan fingerprint density at radius 1 is 1.03 bits per heavy atom. The largest absolute Gasteiger partial charge is 0.494 e. The molecule has 1 saturated heterocycles. The third kappa shape index (κ3) is 5.81. The highest BCUT2D eigenvalue weighted by molar-refractivity contribution is 5.92. The Hall–Kier alpha value is -2.86. The lowest BCUT2D eigenvalue weighted by molar-refractivity contribution is -0.917. The van der Waals surface area contributed by atoms with Crippen molar-refractivity contribution in [3.05, 3.63) is 65.7 Å². The predicted octanol–water partition coefficient (Wildman–Crippen LogP) is 1.56. The number of hydrogen-bond donors (Lipinski definition) is 1. The fraction of sp³-hybridized carbons (Fsp3) is 0.391. The van der Waals surface area contributed by atoms with Gasteiger partial charge in [0.25, 0.3) is 5.91 Å². The molecule has 0 unspecified atom stereocenters. The lowest BCUT2D eigenvalue weighted by Crippen LogP contribution is -3.13. The van der Waals surface area contributed by atoms with Gasteiger partial charge in [0, 0.05) is 5.56 Å². The zero-order valence-electron chi connectivity index (χ0n) is 17.1. The van der Waals surface area contributed by atoms with E-state index in [0.717, 1.165) is 19.6 Å². The molecule has 1 fully saturated rings. The van der Waals surface area contributed by atoms with Gasteiger partial charge in [-0.2, -0.15) is 0 Å². The number of nitrogens with one attached hydrogen (secondary N) is 1. The van der Waals surface area contributed by atoms with E-state index in [2.05, 4.69) is 24.3 Å². The van der Waals surface area contributed by atoms with E-state index in [0.29, 0.717) is 31.0 Å². The summed E-state index contributed by atoms with van der Waals surface area (Å²) in [6.07, 6.45) is -0.801. The minimum absolute atomic E-state index is 0.136. The smallest absolute Gasteiger partial charge is 0.338 e. The van der Waals surface area contributed by atoms with Crippen LogP contribution in [0.1, 0.15) is 29.8 Å². The molecule has 1 aliphatic rings. The highest BCUT2D eigenvalue weighted by Crippen LogP contribution is 2.14. The Morgan fingerprint density at radius 3 is 2.31 bits per heavy atom. The number of carbonyl (C=O) groups excluding carboxylic acids is 2. The summed E-state index contributed by atoms with van der Waals surface area (Å²) in [6.45, 7) is 8.19. The molecule has 154 valence electrons. The van der Waals surface area contributed by atoms with E-state index in [-0.39, 0.29) is 5.91 Å². The van der Waals surface area contributed by atoms with Crippen molar-refractivity contribution >= 4 is 11.9 Å². The average molecular weight is 397 g/mol. The van der Waals surface area contributed by atoms with Crippen LogP contribution >= 0.6 is 0 Å². The zero-order chi connectivity index (χ0) is 20.6. The number of quaternary nitrogens is 1. The van der Waals surface area contributed by atoms with Gasteiger partial charge in [0.05, 0.1) is 38.3 Å². The molecule has 0 aliphatic carbocycles. The number of ether oxygens (including phenoxy) is 2. The number of carbonyl (C=O) groups is 2. The van der Waals surface area contributed by atoms with Crippen LogP contribution in [-0.4, -0.2) is 55.7 Å². The topological polar surface area (TPSA) is 60.3 Å². The number of hydrogen-bond acceptors (Lipinski definition) is 4. The molecule has 2 aromatic carbocycles. The van der Waals surface area contributed by atoms with Crippen molar-refractivity contribution in [2.24, 2.45) is 0 Å². The van der Waals surface area contributed by atoms with Crippen molar-refractivity contribution in [1.82, 2.24) is 4.90 Å². The van der Waals surface area contributed by atoms with Crippen LogP contribution in [0.2, 0.25) is 0 Å². The Kier molecular flexibility index (Phi) is 7.25. The fourth-order valence-corrected chi connectivity index (χ4v) is 3.49. The van der Waals surface area contributed by atoms with Crippen LogP contribution in [0.15, 0.2) is 54.6 Å². The summed E-state index contributed by atoms with van der Waals surface area (Å²) in [4.78, 5) is 28.3. The first-order valence-electron chi connectivity index (χ1n) is 10.2. The maximum atomic E-state index is 12.7. The number of nitrogens with zero attached hydrogens (tertiary/aromatic N) is 1. The molecule has 1 amide bonds. The zero-order valence-corrected chi connectivity index (χ0v) is 17.1. The van der Waals surface area contributed by atoms with Crippen molar-refractivity contribution in [1.29, 1.82) is 0 Å². The summed E-state index contributed by atoms with van der Waals surface area (Å²) in [6, 6.07) is 17.1. The first-order chi connectivity index (χ1) is 14.1. The van der Waals surface area contributed by atoms with Gasteiger partial charge in [0.1, 0.15) is 12.3 Å². The van der Waals surface area contributed by atoms with Crippen molar-refractivity contribution in [3.63, 3.8) is 0 Å². The molecule has 0 bridgehead atoms. The Labute approximate surface area is 172 Å². The minimum atomic E-state index is -0.801. The highest BCUT2D eigenvalue weighted by Gasteiger charge is 2.29.